The number of rotatable bonds is 2. The summed E-state index contributed by atoms with van der Waals surface area (Å²) >= 11 is 3.50. The average molecular weight is 275 g/mol. The maximum absolute atomic E-state index is 3.50. The van der Waals surface area contributed by atoms with E-state index in [0.717, 1.165) is 5.33 Å². The maximum Gasteiger partial charge on any atom is 0.0283 e. The van der Waals surface area contributed by atoms with E-state index >= 15 is 0 Å². The summed E-state index contributed by atoms with van der Waals surface area (Å²) in [6.07, 6.45) is 0. The standard InChI is InChI=1S/C15H15Br/c1-11-5-3-6-12(2)15(11)14-8-4-7-13(9-14)10-16/h3-9H,10H2,1-2H3. The highest BCUT2D eigenvalue weighted by molar-refractivity contribution is 9.08. The van der Waals surface area contributed by atoms with Crippen molar-refractivity contribution in [3.8, 4) is 11.1 Å². The lowest BCUT2D eigenvalue weighted by atomic mass is 9.95. The van der Waals surface area contributed by atoms with Gasteiger partial charge < -0.3 is 0 Å². The first-order valence-corrected chi connectivity index (χ1v) is 6.56. The fourth-order valence-electron chi connectivity index (χ4n) is 2.08. The van der Waals surface area contributed by atoms with Gasteiger partial charge >= 0.3 is 0 Å². The summed E-state index contributed by atoms with van der Waals surface area (Å²) in [5.74, 6) is 0. The number of hydrogen-bond acceptors (Lipinski definition) is 0. The maximum atomic E-state index is 3.50. The molecule has 0 atom stereocenters. The van der Waals surface area contributed by atoms with Crippen LogP contribution < -0.4 is 0 Å². The van der Waals surface area contributed by atoms with E-state index in [4.69, 9.17) is 0 Å². The molecule has 0 amide bonds. The Balaban J connectivity index is 2.58. The van der Waals surface area contributed by atoms with E-state index in [9.17, 15) is 0 Å². The summed E-state index contributed by atoms with van der Waals surface area (Å²) in [4.78, 5) is 0. The van der Waals surface area contributed by atoms with Gasteiger partial charge in [0.25, 0.3) is 0 Å². The molecule has 1 heteroatoms. The molecular formula is C15H15Br. The Labute approximate surface area is 105 Å². The number of benzene rings is 2. The lowest BCUT2D eigenvalue weighted by Gasteiger charge is -2.10. The highest BCUT2D eigenvalue weighted by Crippen LogP contribution is 2.27. The molecule has 0 aliphatic rings. The first-order chi connectivity index (χ1) is 7.72. The van der Waals surface area contributed by atoms with Gasteiger partial charge in [0.2, 0.25) is 0 Å². The molecule has 82 valence electrons. The molecule has 0 aromatic heterocycles. The van der Waals surface area contributed by atoms with Crippen LogP contribution in [0.25, 0.3) is 11.1 Å². The highest BCUT2D eigenvalue weighted by atomic mass is 79.9. The zero-order chi connectivity index (χ0) is 11.5. The Morgan fingerprint density at radius 2 is 1.56 bits per heavy atom. The van der Waals surface area contributed by atoms with Gasteiger partial charge in [-0.2, -0.15) is 0 Å². The predicted molar refractivity (Wildman–Crippen MR) is 74.0 cm³/mol. The van der Waals surface area contributed by atoms with Crippen LogP contribution in [0, 0.1) is 13.8 Å². The van der Waals surface area contributed by atoms with Gasteiger partial charge in [-0.05, 0) is 41.7 Å². The largest absolute Gasteiger partial charge is 0.0876 e. The molecule has 0 aliphatic heterocycles. The van der Waals surface area contributed by atoms with Gasteiger partial charge in [-0.25, -0.2) is 0 Å². The predicted octanol–water partition coefficient (Wildman–Crippen LogP) is 4.87. The molecule has 0 saturated carbocycles. The highest BCUT2D eigenvalue weighted by Gasteiger charge is 2.05. The van der Waals surface area contributed by atoms with Crippen LogP contribution in [-0.4, -0.2) is 0 Å². The third-order valence-corrected chi connectivity index (χ3v) is 3.50. The summed E-state index contributed by atoms with van der Waals surface area (Å²) in [6.45, 7) is 4.34. The molecule has 0 unspecified atom stereocenters. The van der Waals surface area contributed by atoms with Crippen LogP contribution in [-0.2, 0) is 5.33 Å². The van der Waals surface area contributed by atoms with Crippen LogP contribution in [0.5, 0.6) is 0 Å². The van der Waals surface area contributed by atoms with Crippen molar-refractivity contribution < 1.29 is 0 Å². The van der Waals surface area contributed by atoms with Gasteiger partial charge in [0.05, 0.1) is 0 Å². The van der Waals surface area contributed by atoms with Crippen LogP contribution in [0.3, 0.4) is 0 Å². The van der Waals surface area contributed by atoms with Crippen LogP contribution in [0.1, 0.15) is 16.7 Å². The Kier molecular flexibility index (Phi) is 3.45. The number of alkyl halides is 1. The van der Waals surface area contributed by atoms with E-state index in [1.54, 1.807) is 0 Å². The molecule has 0 heterocycles. The Hall–Kier alpha value is -1.08. The third kappa shape index (κ3) is 2.19. The van der Waals surface area contributed by atoms with Crippen molar-refractivity contribution in [2.24, 2.45) is 0 Å². The van der Waals surface area contributed by atoms with Gasteiger partial charge in [0.15, 0.2) is 0 Å². The Bertz CT molecular complexity index is 480. The SMILES string of the molecule is Cc1cccc(C)c1-c1cccc(CBr)c1. The molecule has 0 bridgehead atoms. The van der Waals surface area contributed by atoms with Gasteiger partial charge in [-0.15, -0.1) is 0 Å². The zero-order valence-corrected chi connectivity index (χ0v) is 11.2. The van der Waals surface area contributed by atoms with Crippen molar-refractivity contribution in [2.45, 2.75) is 19.2 Å². The van der Waals surface area contributed by atoms with Crippen LogP contribution in [0.4, 0.5) is 0 Å². The molecule has 0 fully saturated rings. The number of hydrogen-bond donors (Lipinski definition) is 0. The van der Waals surface area contributed by atoms with E-state index < -0.39 is 0 Å². The molecule has 0 aliphatic carbocycles. The summed E-state index contributed by atoms with van der Waals surface area (Å²) in [6, 6.07) is 15.2. The first-order valence-electron chi connectivity index (χ1n) is 5.44. The molecule has 2 aromatic carbocycles. The summed E-state index contributed by atoms with van der Waals surface area (Å²) in [7, 11) is 0. The first kappa shape index (κ1) is 11.4. The number of halogens is 1. The van der Waals surface area contributed by atoms with Gasteiger partial charge in [-0.3, -0.25) is 0 Å². The van der Waals surface area contributed by atoms with E-state index in [2.05, 4.69) is 72.2 Å². The molecule has 0 radical (unpaired) electrons. The number of aryl methyl sites for hydroxylation is 2. The topological polar surface area (TPSA) is 0 Å². The lowest BCUT2D eigenvalue weighted by molar-refractivity contribution is 1.36. The van der Waals surface area contributed by atoms with Gasteiger partial charge in [0, 0.05) is 5.33 Å². The molecule has 0 saturated heterocycles. The second kappa shape index (κ2) is 4.84. The zero-order valence-electron chi connectivity index (χ0n) is 9.63. The van der Waals surface area contributed by atoms with Gasteiger partial charge in [-0.1, -0.05) is 58.4 Å². The van der Waals surface area contributed by atoms with E-state index in [1.165, 1.54) is 27.8 Å². The summed E-state index contributed by atoms with van der Waals surface area (Å²) in [5.41, 5.74) is 6.68. The Morgan fingerprint density at radius 1 is 0.938 bits per heavy atom. The van der Waals surface area contributed by atoms with Gasteiger partial charge in [0.1, 0.15) is 0 Å². The fraction of sp³-hybridized carbons (Fsp3) is 0.200. The van der Waals surface area contributed by atoms with Crippen molar-refractivity contribution in [3.63, 3.8) is 0 Å². The van der Waals surface area contributed by atoms with Crippen molar-refractivity contribution in [2.75, 3.05) is 0 Å². The molecular weight excluding hydrogens is 260 g/mol. The van der Waals surface area contributed by atoms with Crippen LogP contribution in [0.2, 0.25) is 0 Å². The molecule has 2 aromatic rings. The molecule has 0 nitrogen and oxygen atoms in total. The normalized spacial score (nSPS) is 10.4. The second-order valence-corrected chi connectivity index (χ2v) is 4.66. The summed E-state index contributed by atoms with van der Waals surface area (Å²) in [5, 5.41) is 0.909. The minimum atomic E-state index is 0.909. The molecule has 0 N–H and O–H groups in total. The summed E-state index contributed by atoms with van der Waals surface area (Å²) < 4.78 is 0. The van der Waals surface area contributed by atoms with E-state index in [1.807, 2.05) is 0 Å². The van der Waals surface area contributed by atoms with E-state index in [-0.39, 0.29) is 0 Å². The van der Waals surface area contributed by atoms with Crippen molar-refractivity contribution >= 4 is 15.9 Å². The van der Waals surface area contributed by atoms with Crippen molar-refractivity contribution in [3.05, 3.63) is 59.2 Å². The van der Waals surface area contributed by atoms with E-state index in [0.29, 0.717) is 0 Å². The molecule has 2 rings (SSSR count). The van der Waals surface area contributed by atoms with Crippen LogP contribution >= 0.6 is 15.9 Å². The fourth-order valence-corrected chi connectivity index (χ4v) is 2.43. The average Bonchev–Trinajstić information content (AvgIpc) is 2.29. The van der Waals surface area contributed by atoms with Crippen molar-refractivity contribution in [1.29, 1.82) is 0 Å². The van der Waals surface area contributed by atoms with Crippen molar-refractivity contribution in [1.82, 2.24) is 0 Å². The van der Waals surface area contributed by atoms with Crippen LogP contribution in [0.15, 0.2) is 42.5 Å². The molecule has 16 heavy (non-hydrogen) atoms. The minimum absolute atomic E-state index is 0.909. The molecule has 0 spiro atoms. The lowest BCUT2D eigenvalue weighted by Crippen LogP contribution is -1.88. The quantitative estimate of drug-likeness (QED) is 0.686. The monoisotopic (exact) mass is 274 g/mol. The Morgan fingerprint density at radius 3 is 2.19 bits per heavy atom. The second-order valence-electron chi connectivity index (χ2n) is 4.10. The minimum Gasteiger partial charge on any atom is -0.0876 e. The smallest absolute Gasteiger partial charge is 0.0283 e. The third-order valence-electron chi connectivity index (χ3n) is 2.85.